The summed E-state index contributed by atoms with van der Waals surface area (Å²) in [7, 11) is 0. The maximum Gasteiger partial charge on any atom is 0.290 e. The number of ether oxygens (including phenoxy) is 1. The molecule has 1 aromatic heterocycles. The van der Waals surface area contributed by atoms with Crippen LogP contribution in [0.5, 0.6) is 5.75 Å². The van der Waals surface area contributed by atoms with Crippen LogP contribution in [0.25, 0.3) is 16.8 Å². The molecule has 9 heteroatoms. The molecule has 0 saturated heterocycles. The van der Waals surface area contributed by atoms with Crippen LogP contribution in [0, 0.1) is 0 Å². The van der Waals surface area contributed by atoms with Crippen molar-refractivity contribution in [2.24, 2.45) is 0 Å². The largest absolute Gasteiger partial charge is 0.488 e. The van der Waals surface area contributed by atoms with Gasteiger partial charge in [0.25, 0.3) is 17.4 Å². The Morgan fingerprint density at radius 2 is 1.85 bits per heavy atom. The highest BCUT2D eigenvalue weighted by Crippen LogP contribution is 2.28. The maximum atomic E-state index is 12.9. The molecular weight excluding hydrogens is 444 g/mol. The van der Waals surface area contributed by atoms with Crippen molar-refractivity contribution in [3.05, 3.63) is 74.7 Å². The van der Waals surface area contributed by atoms with E-state index in [0.717, 1.165) is 19.3 Å². The number of benzene rings is 2. The number of hydrogen-bond acceptors (Lipinski definition) is 5. The third-order valence-corrected chi connectivity index (χ3v) is 5.56. The number of hydrazine groups is 1. The van der Waals surface area contributed by atoms with Crippen LogP contribution >= 0.6 is 11.6 Å². The van der Waals surface area contributed by atoms with E-state index in [-0.39, 0.29) is 17.9 Å². The van der Waals surface area contributed by atoms with Crippen molar-refractivity contribution >= 4 is 40.3 Å². The molecule has 4 rings (SSSR count). The van der Waals surface area contributed by atoms with E-state index < -0.39 is 11.8 Å². The van der Waals surface area contributed by atoms with Crippen LogP contribution < -0.4 is 21.1 Å². The summed E-state index contributed by atoms with van der Waals surface area (Å²) in [6, 6.07) is 11.9. The lowest BCUT2D eigenvalue weighted by Gasteiger charge is -2.18. The van der Waals surface area contributed by atoms with Gasteiger partial charge < -0.3 is 4.74 Å². The Kier molecular flexibility index (Phi) is 6.74. The topological polar surface area (TPSA) is 102 Å². The normalized spacial score (nSPS) is 12.5. The van der Waals surface area contributed by atoms with Gasteiger partial charge in [0.2, 0.25) is 0 Å². The molecule has 0 fully saturated rings. The highest BCUT2D eigenvalue weighted by Gasteiger charge is 2.20. The first-order chi connectivity index (χ1) is 16.0. The van der Waals surface area contributed by atoms with Gasteiger partial charge in [-0.05, 0) is 36.8 Å². The molecule has 0 bridgehead atoms. The molecule has 2 amide bonds. The molecule has 0 unspecified atom stereocenters. The Hall–Kier alpha value is -3.65. The molecule has 0 saturated carbocycles. The molecule has 33 heavy (non-hydrogen) atoms. The van der Waals surface area contributed by atoms with Crippen molar-refractivity contribution in [3.63, 3.8) is 0 Å². The number of halogens is 1. The van der Waals surface area contributed by atoms with Gasteiger partial charge >= 0.3 is 0 Å². The summed E-state index contributed by atoms with van der Waals surface area (Å²) in [6.45, 7) is 2.54. The monoisotopic (exact) mass is 466 g/mol. The molecule has 0 atom stereocenters. The third kappa shape index (κ3) is 4.90. The molecule has 1 aliphatic heterocycles. The van der Waals surface area contributed by atoms with Gasteiger partial charge in [-0.1, -0.05) is 49.6 Å². The highest BCUT2D eigenvalue weighted by molar-refractivity contribution is 6.30. The average molecular weight is 467 g/mol. The molecule has 2 aromatic carbocycles. The Morgan fingerprint density at radius 3 is 2.64 bits per heavy atom. The van der Waals surface area contributed by atoms with E-state index in [1.54, 1.807) is 48.5 Å². The fraction of sp³-hybridized carbons (Fsp3) is 0.250. The molecule has 2 heterocycles. The number of nitrogens with one attached hydrogen (secondary N) is 2. The lowest BCUT2D eigenvalue weighted by molar-refractivity contribution is -0.118. The van der Waals surface area contributed by atoms with Crippen molar-refractivity contribution in [1.29, 1.82) is 0 Å². The standard InChI is InChI=1S/C24H23ClN4O4/c1-2-3-6-11-29-24(32)19-8-5-4-7-18(19)21(28-29)23(31)27-26-22(30)16-12-15-13-17(25)9-10-20(15)33-14-16/h4-5,7-10,12-13H,2-3,6,11,14H2,1H3,(H,26,30)(H,27,31). The van der Waals surface area contributed by atoms with Crippen LogP contribution in [-0.2, 0) is 11.3 Å². The number of fused-ring (bicyclic) bond motifs is 2. The molecule has 0 aliphatic carbocycles. The smallest absolute Gasteiger partial charge is 0.290 e. The van der Waals surface area contributed by atoms with Crippen molar-refractivity contribution in [2.75, 3.05) is 6.61 Å². The van der Waals surface area contributed by atoms with E-state index >= 15 is 0 Å². The molecule has 8 nitrogen and oxygen atoms in total. The fourth-order valence-electron chi connectivity index (χ4n) is 3.60. The fourth-order valence-corrected chi connectivity index (χ4v) is 3.78. The molecule has 1 aliphatic rings. The highest BCUT2D eigenvalue weighted by atomic mass is 35.5. The minimum absolute atomic E-state index is 0.0554. The minimum Gasteiger partial charge on any atom is -0.488 e. The van der Waals surface area contributed by atoms with Crippen LogP contribution in [-0.4, -0.2) is 28.2 Å². The Bertz CT molecular complexity index is 1320. The number of carbonyl (C=O) groups is 2. The quantitative estimate of drug-likeness (QED) is 0.427. The van der Waals surface area contributed by atoms with E-state index in [1.165, 1.54) is 4.68 Å². The van der Waals surface area contributed by atoms with Crippen molar-refractivity contribution in [3.8, 4) is 5.75 Å². The van der Waals surface area contributed by atoms with Gasteiger partial charge in [0, 0.05) is 22.5 Å². The summed E-state index contributed by atoms with van der Waals surface area (Å²) >= 11 is 6.01. The van der Waals surface area contributed by atoms with Crippen molar-refractivity contribution in [1.82, 2.24) is 20.6 Å². The first kappa shape index (κ1) is 22.5. The summed E-state index contributed by atoms with van der Waals surface area (Å²) in [4.78, 5) is 38.3. The van der Waals surface area contributed by atoms with Gasteiger partial charge in [-0.15, -0.1) is 0 Å². The SMILES string of the molecule is CCCCCn1nc(C(=O)NNC(=O)C2=Cc3cc(Cl)ccc3OC2)c2ccccc2c1=O. The number of aromatic nitrogens is 2. The number of hydrogen-bond donors (Lipinski definition) is 2. The summed E-state index contributed by atoms with van der Waals surface area (Å²) in [6.07, 6.45) is 4.38. The average Bonchev–Trinajstić information content (AvgIpc) is 2.83. The summed E-state index contributed by atoms with van der Waals surface area (Å²) in [5.41, 5.74) is 5.62. The van der Waals surface area contributed by atoms with E-state index in [1.807, 2.05) is 0 Å². The van der Waals surface area contributed by atoms with E-state index in [0.29, 0.717) is 39.2 Å². The minimum atomic E-state index is -0.621. The summed E-state index contributed by atoms with van der Waals surface area (Å²) < 4.78 is 6.90. The lowest BCUT2D eigenvalue weighted by Crippen LogP contribution is -2.44. The van der Waals surface area contributed by atoms with E-state index in [2.05, 4.69) is 22.9 Å². The predicted molar refractivity (Wildman–Crippen MR) is 126 cm³/mol. The number of amides is 2. The van der Waals surface area contributed by atoms with Crippen molar-refractivity contribution in [2.45, 2.75) is 32.7 Å². The number of nitrogens with zero attached hydrogens (tertiary/aromatic N) is 2. The maximum absolute atomic E-state index is 12.9. The molecule has 0 radical (unpaired) electrons. The summed E-state index contributed by atoms with van der Waals surface area (Å²) in [5.74, 6) is -0.514. The van der Waals surface area contributed by atoms with E-state index in [4.69, 9.17) is 16.3 Å². The van der Waals surface area contributed by atoms with Gasteiger partial charge in [0.1, 0.15) is 12.4 Å². The van der Waals surface area contributed by atoms with Crippen molar-refractivity contribution < 1.29 is 14.3 Å². The summed E-state index contributed by atoms with van der Waals surface area (Å²) in [5, 5.41) is 5.63. The first-order valence-electron chi connectivity index (χ1n) is 10.7. The number of rotatable bonds is 6. The Labute approximate surface area is 195 Å². The van der Waals surface area contributed by atoms with Crippen LogP contribution in [0.1, 0.15) is 42.2 Å². The van der Waals surface area contributed by atoms with Gasteiger partial charge in [-0.2, -0.15) is 5.10 Å². The Morgan fingerprint density at radius 1 is 1.09 bits per heavy atom. The molecular formula is C24H23ClN4O4. The molecule has 0 spiro atoms. The number of unbranched alkanes of at least 4 members (excludes halogenated alkanes) is 2. The molecule has 3 aromatic rings. The van der Waals surface area contributed by atoms with Crippen LogP contribution in [0.3, 0.4) is 0 Å². The number of aryl methyl sites for hydroxylation is 1. The molecule has 2 N–H and O–H groups in total. The second-order valence-corrected chi connectivity index (χ2v) is 8.11. The van der Waals surface area contributed by atoms with Gasteiger partial charge in [0.15, 0.2) is 5.69 Å². The third-order valence-electron chi connectivity index (χ3n) is 5.32. The molecule has 170 valence electrons. The van der Waals surface area contributed by atoms with Gasteiger partial charge in [-0.3, -0.25) is 25.2 Å². The van der Waals surface area contributed by atoms with E-state index in [9.17, 15) is 14.4 Å². The lowest BCUT2D eigenvalue weighted by atomic mass is 10.1. The second-order valence-electron chi connectivity index (χ2n) is 7.68. The zero-order valence-electron chi connectivity index (χ0n) is 18.1. The Balaban J connectivity index is 1.54. The van der Waals surface area contributed by atoms with Crippen LogP contribution in [0.15, 0.2) is 52.8 Å². The second kappa shape index (κ2) is 9.87. The zero-order chi connectivity index (χ0) is 23.4. The number of carbonyl (C=O) groups excluding carboxylic acids is 2. The first-order valence-corrected chi connectivity index (χ1v) is 11.1. The zero-order valence-corrected chi connectivity index (χ0v) is 18.8. The van der Waals surface area contributed by atoms with Crippen LogP contribution in [0.2, 0.25) is 5.02 Å². The van der Waals surface area contributed by atoms with Crippen LogP contribution in [0.4, 0.5) is 0 Å². The predicted octanol–water partition coefficient (Wildman–Crippen LogP) is 3.48. The van der Waals surface area contributed by atoms with Gasteiger partial charge in [0.05, 0.1) is 11.0 Å². The van der Waals surface area contributed by atoms with Gasteiger partial charge in [-0.25, -0.2) is 4.68 Å².